The molecule has 0 fully saturated rings. The van der Waals surface area contributed by atoms with Crippen LogP contribution in [-0.2, 0) is 11.3 Å². The Morgan fingerprint density at radius 2 is 2.15 bits per heavy atom. The molecule has 0 saturated carbocycles. The summed E-state index contributed by atoms with van der Waals surface area (Å²) in [5.74, 6) is -0.421. The highest BCUT2D eigenvalue weighted by molar-refractivity contribution is 5.75. The number of rotatable bonds is 7. The molecule has 1 amide bonds. The van der Waals surface area contributed by atoms with Crippen molar-refractivity contribution in [2.45, 2.75) is 32.2 Å². The van der Waals surface area contributed by atoms with Crippen LogP contribution in [0.2, 0.25) is 0 Å². The molecule has 20 heavy (non-hydrogen) atoms. The van der Waals surface area contributed by atoms with Gasteiger partial charge in [-0.2, -0.15) is 5.26 Å². The molecule has 0 spiro atoms. The van der Waals surface area contributed by atoms with Crippen molar-refractivity contribution in [3.05, 3.63) is 35.1 Å². The molecule has 4 nitrogen and oxygen atoms in total. The Morgan fingerprint density at radius 3 is 2.80 bits per heavy atom. The molecule has 108 valence electrons. The van der Waals surface area contributed by atoms with Crippen molar-refractivity contribution >= 4 is 5.91 Å². The van der Waals surface area contributed by atoms with E-state index < -0.39 is 5.82 Å². The van der Waals surface area contributed by atoms with Gasteiger partial charge in [0.1, 0.15) is 5.82 Å². The molecule has 0 heterocycles. The summed E-state index contributed by atoms with van der Waals surface area (Å²) in [7, 11) is 1.64. The van der Waals surface area contributed by atoms with Gasteiger partial charge in [-0.1, -0.05) is 6.42 Å². The minimum atomic E-state index is -0.396. The fourth-order valence-corrected chi connectivity index (χ4v) is 1.90. The number of unbranched alkanes of at least 4 members (excludes halogenated alkanes) is 2. The van der Waals surface area contributed by atoms with E-state index in [0.29, 0.717) is 24.1 Å². The van der Waals surface area contributed by atoms with E-state index >= 15 is 0 Å². The molecule has 0 aromatic heterocycles. The van der Waals surface area contributed by atoms with Crippen LogP contribution in [0.15, 0.2) is 18.2 Å². The van der Waals surface area contributed by atoms with Gasteiger partial charge in [-0.3, -0.25) is 4.79 Å². The summed E-state index contributed by atoms with van der Waals surface area (Å²) in [6, 6.07) is 6.12. The van der Waals surface area contributed by atoms with Crippen LogP contribution < -0.4 is 5.73 Å². The lowest BCUT2D eigenvalue weighted by Gasteiger charge is -2.17. The summed E-state index contributed by atoms with van der Waals surface area (Å²) in [4.78, 5) is 13.4. The van der Waals surface area contributed by atoms with Gasteiger partial charge in [0, 0.05) is 25.6 Å². The summed E-state index contributed by atoms with van der Waals surface area (Å²) in [6.07, 6.45) is 3.07. The van der Waals surface area contributed by atoms with Gasteiger partial charge in [0.05, 0.1) is 11.6 Å². The van der Waals surface area contributed by atoms with Crippen molar-refractivity contribution < 1.29 is 9.18 Å². The first-order valence-corrected chi connectivity index (χ1v) is 6.71. The average molecular weight is 277 g/mol. The lowest BCUT2D eigenvalue weighted by Crippen LogP contribution is -2.26. The van der Waals surface area contributed by atoms with Crippen LogP contribution in [-0.4, -0.2) is 24.4 Å². The molecule has 0 aliphatic carbocycles. The summed E-state index contributed by atoms with van der Waals surface area (Å²) >= 11 is 0. The van der Waals surface area contributed by atoms with Crippen LogP contribution in [0.4, 0.5) is 4.39 Å². The van der Waals surface area contributed by atoms with Crippen LogP contribution >= 0.6 is 0 Å². The van der Waals surface area contributed by atoms with Crippen molar-refractivity contribution in [3.8, 4) is 6.07 Å². The second-order valence-corrected chi connectivity index (χ2v) is 4.77. The minimum Gasteiger partial charge on any atom is -0.341 e. The van der Waals surface area contributed by atoms with Crippen LogP contribution in [0, 0.1) is 17.1 Å². The molecule has 0 radical (unpaired) electrons. The van der Waals surface area contributed by atoms with Crippen molar-refractivity contribution in [1.29, 1.82) is 5.26 Å². The summed E-state index contributed by atoms with van der Waals surface area (Å²) in [5.41, 5.74) is 6.14. The first-order valence-electron chi connectivity index (χ1n) is 6.71. The number of hydrogen-bond donors (Lipinski definition) is 1. The number of nitriles is 1. The third kappa shape index (κ3) is 4.98. The van der Waals surface area contributed by atoms with Gasteiger partial charge < -0.3 is 10.6 Å². The Morgan fingerprint density at radius 1 is 1.40 bits per heavy atom. The number of amides is 1. The molecule has 0 atom stereocenters. The first kappa shape index (κ1) is 16.1. The Bertz CT molecular complexity index is 496. The second kappa shape index (κ2) is 8.28. The lowest BCUT2D eigenvalue weighted by atomic mass is 10.1. The predicted octanol–water partition coefficient (Wildman–Crippen LogP) is 2.17. The maximum Gasteiger partial charge on any atom is 0.222 e. The van der Waals surface area contributed by atoms with E-state index in [4.69, 9.17) is 11.0 Å². The second-order valence-electron chi connectivity index (χ2n) is 4.77. The number of nitrogens with two attached hydrogens (primary N) is 1. The number of hydrogen-bond acceptors (Lipinski definition) is 3. The highest BCUT2D eigenvalue weighted by Gasteiger charge is 2.12. The molecular formula is C15H20FN3O. The number of benzene rings is 1. The van der Waals surface area contributed by atoms with E-state index in [1.54, 1.807) is 7.05 Å². The van der Waals surface area contributed by atoms with Gasteiger partial charge in [0.25, 0.3) is 0 Å². The highest BCUT2D eigenvalue weighted by Crippen LogP contribution is 2.13. The van der Waals surface area contributed by atoms with Crippen molar-refractivity contribution in [3.63, 3.8) is 0 Å². The van der Waals surface area contributed by atoms with E-state index in [1.165, 1.54) is 23.1 Å². The van der Waals surface area contributed by atoms with Crippen molar-refractivity contribution in [2.75, 3.05) is 13.6 Å². The van der Waals surface area contributed by atoms with Gasteiger partial charge in [0.2, 0.25) is 5.91 Å². The molecule has 0 aliphatic heterocycles. The Kier molecular flexibility index (Phi) is 6.68. The predicted molar refractivity (Wildman–Crippen MR) is 75.1 cm³/mol. The molecule has 1 aromatic rings. The zero-order chi connectivity index (χ0) is 15.0. The summed E-state index contributed by atoms with van der Waals surface area (Å²) < 4.78 is 13.6. The van der Waals surface area contributed by atoms with Crippen LogP contribution in [0.1, 0.15) is 36.8 Å². The monoisotopic (exact) mass is 277 g/mol. The van der Waals surface area contributed by atoms with Crippen molar-refractivity contribution in [1.82, 2.24) is 4.90 Å². The Balaban J connectivity index is 2.55. The van der Waals surface area contributed by atoms with Crippen LogP contribution in [0.25, 0.3) is 0 Å². The average Bonchev–Trinajstić information content (AvgIpc) is 2.45. The van der Waals surface area contributed by atoms with E-state index in [2.05, 4.69) is 0 Å². The molecule has 1 aromatic carbocycles. The largest absolute Gasteiger partial charge is 0.341 e. The van der Waals surface area contributed by atoms with E-state index in [1.807, 2.05) is 6.07 Å². The lowest BCUT2D eigenvalue weighted by molar-refractivity contribution is -0.130. The number of carbonyl (C=O) groups is 1. The smallest absolute Gasteiger partial charge is 0.222 e. The first-order chi connectivity index (χ1) is 9.58. The van der Waals surface area contributed by atoms with Gasteiger partial charge in [0.15, 0.2) is 0 Å². The molecule has 0 saturated heterocycles. The number of nitrogens with zero attached hydrogens (tertiary/aromatic N) is 2. The number of halogens is 1. The molecule has 0 bridgehead atoms. The van der Waals surface area contributed by atoms with Gasteiger partial charge in [-0.05, 0) is 37.6 Å². The maximum absolute atomic E-state index is 13.6. The van der Waals surface area contributed by atoms with Gasteiger partial charge in [-0.15, -0.1) is 0 Å². The third-order valence-electron chi connectivity index (χ3n) is 3.10. The van der Waals surface area contributed by atoms with E-state index in [-0.39, 0.29) is 12.5 Å². The third-order valence-corrected chi connectivity index (χ3v) is 3.10. The van der Waals surface area contributed by atoms with E-state index in [9.17, 15) is 9.18 Å². The fraction of sp³-hybridized carbons (Fsp3) is 0.467. The maximum atomic E-state index is 13.6. The molecule has 0 aliphatic rings. The topological polar surface area (TPSA) is 70.1 Å². The SMILES string of the molecule is CN(Cc1cc(C#N)ccc1F)C(=O)CCCCCN. The highest BCUT2D eigenvalue weighted by atomic mass is 19.1. The van der Waals surface area contributed by atoms with Gasteiger partial charge >= 0.3 is 0 Å². The molecule has 1 rings (SSSR count). The zero-order valence-electron chi connectivity index (χ0n) is 11.7. The fourth-order valence-electron chi connectivity index (χ4n) is 1.90. The molecular weight excluding hydrogens is 257 g/mol. The standard InChI is InChI=1S/C15H20FN3O/c1-19(15(20)5-3-2-4-8-17)11-13-9-12(10-18)6-7-14(13)16/h6-7,9H,2-5,8,11,17H2,1H3. The summed E-state index contributed by atoms with van der Waals surface area (Å²) in [6.45, 7) is 0.813. The Labute approximate surface area is 119 Å². The zero-order valence-corrected chi connectivity index (χ0v) is 11.7. The van der Waals surface area contributed by atoms with Crippen LogP contribution in [0.5, 0.6) is 0 Å². The van der Waals surface area contributed by atoms with Crippen molar-refractivity contribution in [2.24, 2.45) is 5.73 Å². The van der Waals surface area contributed by atoms with E-state index in [0.717, 1.165) is 19.3 Å². The van der Waals surface area contributed by atoms with Crippen LogP contribution in [0.3, 0.4) is 0 Å². The molecule has 5 heteroatoms. The Hall–Kier alpha value is -1.93. The molecule has 0 unspecified atom stereocenters. The van der Waals surface area contributed by atoms with Gasteiger partial charge in [-0.25, -0.2) is 4.39 Å². The molecule has 2 N–H and O–H groups in total. The summed E-state index contributed by atoms with van der Waals surface area (Å²) in [5, 5.41) is 8.80. The minimum absolute atomic E-state index is 0.0243. The quantitative estimate of drug-likeness (QED) is 0.776. The normalized spacial score (nSPS) is 10.1. The number of carbonyl (C=O) groups excluding carboxylic acids is 1.